The summed E-state index contributed by atoms with van der Waals surface area (Å²) in [5, 5.41) is 11.5. The number of carboxylic acid groups (broad SMARTS) is 1. The van der Waals surface area contributed by atoms with Crippen LogP contribution >= 0.6 is 12.6 Å². The molecule has 0 aromatic rings. The number of carboxylic acids is 1. The van der Waals surface area contributed by atoms with Crippen LogP contribution in [-0.2, 0) is 19.4 Å². The third kappa shape index (κ3) is 3.93. The fourth-order valence-corrected chi connectivity index (χ4v) is 3.10. The second-order valence-electron chi connectivity index (χ2n) is 3.81. The molecule has 2 N–H and O–H groups in total. The molecule has 0 bridgehead atoms. The van der Waals surface area contributed by atoms with Crippen molar-refractivity contribution in [3.8, 4) is 0 Å². The second-order valence-corrected chi connectivity index (χ2v) is 6.66. The van der Waals surface area contributed by atoms with Crippen LogP contribution in [0.4, 0.5) is 0 Å². The molecule has 0 saturated carbocycles. The Morgan fingerprint density at radius 2 is 2.31 bits per heavy atom. The van der Waals surface area contributed by atoms with E-state index < -0.39 is 33.9 Å². The highest BCUT2D eigenvalue weighted by molar-refractivity contribution is 7.91. The Morgan fingerprint density at radius 3 is 2.69 bits per heavy atom. The average molecular weight is 269 g/mol. The fourth-order valence-electron chi connectivity index (χ4n) is 1.65. The van der Waals surface area contributed by atoms with Crippen molar-refractivity contribution in [3.63, 3.8) is 0 Å². The minimum atomic E-state index is -3.45. The summed E-state index contributed by atoms with van der Waals surface area (Å²) in [6.07, 6.45) is 1.58. The fraction of sp³-hybridized carbons (Fsp3) is 0.875. The van der Waals surface area contributed by atoms with E-state index in [9.17, 15) is 13.2 Å². The lowest BCUT2D eigenvalue weighted by Crippen LogP contribution is -2.42. The normalized spacial score (nSPS) is 27.9. The van der Waals surface area contributed by atoms with Gasteiger partial charge < -0.3 is 15.2 Å². The first-order chi connectivity index (χ1) is 7.30. The molecule has 0 spiro atoms. The van der Waals surface area contributed by atoms with Gasteiger partial charge in [-0.25, -0.2) is 13.2 Å². The van der Waals surface area contributed by atoms with Crippen molar-refractivity contribution in [2.24, 2.45) is 0 Å². The van der Waals surface area contributed by atoms with E-state index in [-0.39, 0.29) is 5.25 Å². The van der Waals surface area contributed by atoms with Crippen molar-refractivity contribution in [3.05, 3.63) is 0 Å². The summed E-state index contributed by atoms with van der Waals surface area (Å²) >= 11 is 4.22. The molecule has 0 aromatic carbocycles. The van der Waals surface area contributed by atoms with E-state index in [4.69, 9.17) is 9.84 Å². The molecule has 1 heterocycles. The molecule has 6 nitrogen and oxygen atoms in total. The highest BCUT2D eigenvalue weighted by atomic mass is 32.2. The van der Waals surface area contributed by atoms with Crippen LogP contribution in [0.1, 0.15) is 6.42 Å². The van der Waals surface area contributed by atoms with Gasteiger partial charge in [-0.05, 0) is 6.42 Å². The van der Waals surface area contributed by atoms with Crippen LogP contribution in [-0.4, -0.2) is 55.6 Å². The van der Waals surface area contributed by atoms with Crippen LogP contribution in [0.5, 0.6) is 0 Å². The predicted molar refractivity (Wildman–Crippen MR) is 61.4 cm³/mol. The maximum atomic E-state index is 11.5. The van der Waals surface area contributed by atoms with Gasteiger partial charge in [-0.2, -0.15) is 12.6 Å². The van der Waals surface area contributed by atoms with Gasteiger partial charge in [-0.15, -0.1) is 0 Å². The number of hydrogen-bond acceptors (Lipinski definition) is 6. The minimum Gasteiger partial charge on any atom is -0.480 e. The first kappa shape index (κ1) is 13.8. The number of hydrogen-bond donors (Lipinski definition) is 3. The smallest absolute Gasteiger partial charge is 0.329 e. The Morgan fingerprint density at radius 1 is 1.69 bits per heavy atom. The largest absolute Gasteiger partial charge is 0.480 e. The number of nitrogens with one attached hydrogen (secondary N) is 1. The Bertz CT molecular complexity index is 355. The Kier molecular flexibility index (Phi) is 4.60. The minimum absolute atomic E-state index is 0.0719. The molecular formula is C8H15NO5S2. The van der Waals surface area contributed by atoms with E-state index in [0.29, 0.717) is 13.0 Å². The molecule has 94 valence electrons. The van der Waals surface area contributed by atoms with Gasteiger partial charge in [0, 0.05) is 24.1 Å². The van der Waals surface area contributed by atoms with Crippen LogP contribution in [0.3, 0.4) is 0 Å². The third-order valence-electron chi connectivity index (χ3n) is 2.26. The van der Waals surface area contributed by atoms with E-state index in [0.717, 1.165) is 6.26 Å². The molecule has 0 aromatic heterocycles. The van der Waals surface area contributed by atoms with Crippen LogP contribution < -0.4 is 5.32 Å². The number of ether oxygens (including phenoxy) is 1. The average Bonchev–Trinajstić information content (AvgIpc) is 2.49. The van der Waals surface area contributed by atoms with Gasteiger partial charge >= 0.3 is 5.97 Å². The van der Waals surface area contributed by atoms with E-state index in [1.54, 1.807) is 0 Å². The molecule has 0 aliphatic carbocycles. The number of aliphatic carboxylic acids is 1. The first-order valence-corrected chi connectivity index (χ1v) is 7.21. The lowest BCUT2D eigenvalue weighted by molar-refractivity contribution is -0.143. The molecule has 0 amide bonds. The molecule has 16 heavy (non-hydrogen) atoms. The molecule has 1 rings (SSSR count). The maximum absolute atomic E-state index is 11.5. The van der Waals surface area contributed by atoms with Crippen LogP contribution in [0.15, 0.2) is 0 Å². The third-order valence-corrected chi connectivity index (χ3v) is 3.97. The summed E-state index contributed by atoms with van der Waals surface area (Å²) in [7, 11) is -3.45. The number of rotatable bonds is 5. The van der Waals surface area contributed by atoms with E-state index in [1.807, 2.05) is 0 Å². The summed E-state index contributed by atoms with van der Waals surface area (Å²) in [6, 6.07) is -0.392. The lowest BCUT2D eigenvalue weighted by atomic mass is 10.2. The monoisotopic (exact) mass is 269 g/mol. The SMILES string of the molecule is CS(=O)(=O)C(OCC(=O)O)C1CC(S)CN1. The van der Waals surface area contributed by atoms with Gasteiger partial charge in [0.05, 0.1) is 0 Å². The highest BCUT2D eigenvalue weighted by Gasteiger charge is 2.36. The highest BCUT2D eigenvalue weighted by Crippen LogP contribution is 2.19. The van der Waals surface area contributed by atoms with Crippen LogP contribution in [0, 0.1) is 0 Å². The zero-order valence-electron chi connectivity index (χ0n) is 8.79. The Balaban J connectivity index is 2.68. The van der Waals surface area contributed by atoms with Gasteiger partial charge in [-0.1, -0.05) is 0 Å². The second kappa shape index (κ2) is 5.35. The van der Waals surface area contributed by atoms with Crippen molar-refractivity contribution < 1.29 is 23.1 Å². The summed E-state index contributed by atoms with van der Waals surface area (Å²) in [4.78, 5) is 10.4. The zero-order valence-corrected chi connectivity index (χ0v) is 10.5. The number of carbonyl (C=O) groups is 1. The van der Waals surface area contributed by atoms with Gasteiger partial charge in [0.1, 0.15) is 6.61 Å². The standard InChI is InChI=1S/C8H15NO5S2/c1-16(12,13)8(14-4-7(10)11)6-2-5(15)3-9-6/h5-6,8-9,15H,2-4H2,1H3,(H,10,11). The van der Waals surface area contributed by atoms with Crippen molar-refractivity contribution in [1.82, 2.24) is 5.32 Å². The quantitative estimate of drug-likeness (QED) is 0.561. The maximum Gasteiger partial charge on any atom is 0.329 e. The summed E-state index contributed by atoms with van der Waals surface area (Å²) in [6.45, 7) is -0.0244. The lowest BCUT2D eigenvalue weighted by Gasteiger charge is -2.21. The topological polar surface area (TPSA) is 92.7 Å². The molecule has 8 heteroatoms. The zero-order chi connectivity index (χ0) is 12.3. The molecule has 1 aliphatic heterocycles. The summed E-state index contributed by atoms with van der Waals surface area (Å²) < 4.78 is 27.8. The number of sulfone groups is 1. The van der Waals surface area contributed by atoms with Crippen LogP contribution in [0.2, 0.25) is 0 Å². The van der Waals surface area contributed by atoms with Crippen molar-refractivity contribution in [2.45, 2.75) is 23.1 Å². The van der Waals surface area contributed by atoms with E-state index >= 15 is 0 Å². The van der Waals surface area contributed by atoms with Gasteiger partial charge in [0.15, 0.2) is 15.3 Å². The van der Waals surface area contributed by atoms with Crippen molar-refractivity contribution >= 4 is 28.4 Å². The molecule has 1 saturated heterocycles. The van der Waals surface area contributed by atoms with Crippen molar-refractivity contribution in [1.29, 1.82) is 0 Å². The molecular weight excluding hydrogens is 254 g/mol. The molecule has 3 unspecified atom stereocenters. The Hall–Kier alpha value is -0.310. The van der Waals surface area contributed by atoms with Gasteiger partial charge in [0.2, 0.25) is 0 Å². The molecule has 1 fully saturated rings. The summed E-state index contributed by atoms with van der Waals surface area (Å²) in [5.74, 6) is -1.19. The number of thiol groups is 1. The first-order valence-electron chi connectivity index (χ1n) is 4.74. The van der Waals surface area contributed by atoms with Gasteiger partial charge in [0.25, 0.3) is 0 Å². The molecule has 1 aliphatic rings. The molecule has 0 radical (unpaired) electrons. The van der Waals surface area contributed by atoms with E-state index in [1.165, 1.54) is 0 Å². The predicted octanol–water partition coefficient (Wildman–Crippen LogP) is -0.881. The van der Waals surface area contributed by atoms with Crippen molar-refractivity contribution in [2.75, 3.05) is 19.4 Å². The van der Waals surface area contributed by atoms with Gasteiger partial charge in [-0.3, -0.25) is 0 Å². The Labute approximate surface area is 99.7 Å². The van der Waals surface area contributed by atoms with E-state index in [2.05, 4.69) is 17.9 Å². The van der Waals surface area contributed by atoms with Crippen LogP contribution in [0.25, 0.3) is 0 Å². The summed E-state index contributed by atoms with van der Waals surface area (Å²) in [5.41, 5.74) is -1.12. The molecule has 3 atom stereocenters.